The van der Waals surface area contributed by atoms with Crippen LogP contribution < -0.4 is 0 Å². The van der Waals surface area contributed by atoms with Crippen LogP contribution in [0, 0.1) is 20.2 Å². The van der Waals surface area contributed by atoms with Crippen molar-refractivity contribution in [3.05, 3.63) is 56.6 Å². The number of nitro groups is 2. The molecule has 0 aliphatic rings. The van der Waals surface area contributed by atoms with Crippen molar-refractivity contribution in [1.82, 2.24) is 0 Å². The van der Waals surface area contributed by atoms with Gasteiger partial charge in [0.25, 0.3) is 11.4 Å². The highest BCUT2D eigenvalue weighted by Crippen LogP contribution is 2.33. The molecular weight excluding hydrogens is 264 g/mol. The number of non-ortho nitro benzene ring substituents is 2. The summed E-state index contributed by atoms with van der Waals surface area (Å²) in [6.07, 6.45) is 0. The average Bonchev–Trinajstić information content (AvgIpc) is 2.36. The number of nitrogens with zero attached hydrogens (tertiary/aromatic N) is 2. The zero-order valence-electron chi connectivity index (χ0n) is 10.9. The van der Waals surface area contributed by atoms with Gasteiger partial charge in [-0.05, 0) is 19.2 Å². The maximum atomic E-state index is 10.8. The summed E-state index contributed by atoms with van der Waals surface area (Å²) in [4.78, 5) is 29.8. The molecule has 0 aliphatic heterocycles. The van der Waals surface area contributed by atoms with Crippen molar-refractivity contribution in [3.63, 3.8) is 0 Å². The second-order valence-electron chi connectivity index (χ2n) is 4.07. The molecule has 0 N–H and O–H groups in total. The third kappa shape index (κ3) is 3.58. The van der Waals surface area contributed by atoms with E-state index in [2.05, 4.69) is 0 Å². The zero-order valence-corrected chi connectivity index (χ0v) is 10.9. The van der Waals surface area contributed by atoms with Crippen molar-refractivity contribution in [2.45, 2.75) is 13.8 Å². The van der Waals surface area contributed by atoms with Gasteiger partial charge in [-0.2, -0.15) is 0 Å². The van der Waals surface area contributed by atoms with E-state index in [4.69, 9.17) is 0 Å². The van der Waals surface area contributed by atoms with Crippen LogP contribution in [0.4, 0.5) is 11.4 Å². The highest BCUT2D eigenvalue weighted by atomic mass is 16.6. The van der Waals surface area contributed by atoms with Gasteiger partial charge in [0.15, 0.2) is 0 Å². The number of fused-ring (bicyclic) bond motifs is 1. The van der Waals surface area contributed by atoms with Crippen LogP contribution in [0.3, 0.4) is 0 Å². The maximum Gasteiger partial charge on any atom is 0.284 e. The molecular formula is C13H12N2O5. The Hall–Kier alpha value is -2.83. The Bertz CT molecular complexity index is 629. The molecule has 2 rings (SSSR count). The van der Waals surface area contributed by atoms with E-state index < -0.39 is 9.85 Å². The number of benzene rings is 2. The maximum absolute atomic E-state index is 10.8. The van der Waals surface area contributed by atoms with E-state index in [1.54, 1.807) is 12.1 Å². The van der Waals surface area contributed by atoms with E-state index in [1.807, 2.05) is 0 Å². The second-order valence-corrected chi connectivity index (χ2v) is 4.07. The van der Waals surface area contributed by atoms with Gasteiger partial charge in [0.1, 0.15) is 11.2 Å². The molecule has 0 aliphatic carbocycles. The van der Waals surface area contributed by atoms with Crippen LogP contribution in [0.5, 0.6) is 0 Å². The van der Waals surface area contributed by atoms with Crippen molar-refractivity contribution in [2.24, 2.45) is 0 Å². The number of nitro benzene ring substituents is 2. The highest BCUT2D eigenvalue weighted by molar-refractivity contribution is 5.98. The van der Waals surface area contributed by atoms with Crippen LogP contribution in [0.25, 0.3) is 10.8 Å². The van der Waals surface area contributed by atoms with Gasteiger partial charge in [0.05, 0.1) is 9.85 Å². The molecule has 0 bridgehead atoms. The fourth-order valence-electron chi connectivity index (χ4n) is 1.61. The van der Waals surface area contributed by atoms with E-state index >= 15 is 0 Å². The van der Waals surface area contributed by atoms with E-state index in [9.17, 15) is 25.0 Å². The first-order valence-corrected chi connectivity index (χ1v) is 5.62. The van der Waals surface area contributed by atoms with Crippen molar-refractivity contribution in [2.75, 3.05) is 0 Å². The Kier molecular flexibility index (Phi) is 4.85. The number of carbonyl (C=O) groups excluding carboxylic acids is 1. The van der Waals surface area contributed by atoms with Crippen LogP contribution in [-0.2, 0) is 4.79 Å². The van der Waals surface area contributed by atoms with E-state index in [0.29, 0.717) is 5.39 Å². The Morgan fingerprint density at radius 3 is 1.55 bits per heavy atom. The Morgan fingerprint density at radius 2 is 1.25 bits per heavy atom. The first kappa shape index (κ1) is 15.2. The van der Waals surface area contributed by atoms with Crippen LogP contribution in [0.15, 0.2) is 36.4 Å². The lowest BCUT2D eigenvalue weighted by Crippen LogP contribution is -1.94. The minimum Gasteiger partial charge on any atom is -0.300 e. The molecule has 0 aromatic heterocycles. The number of ketones is 1. The quantitative estimate of drug-likeness (QED) is 0.618. The molecule has 2 aromatic carbocycles. The monoisotopic (exact) mass is 276 g/mol. The number of Topliss-reactive ketones (excluding diaryl/α,β-unsaturated/α-hetero) is 1. The smallest absolute Gasteiger partial charge is 0.284 e. The molecule has 0 amide bonds. The first-order chi connectivity index (χ1) is 9.34. The van der Waals surface area contributed by atoms with Gasteiger partial charge in [-0.3, -0.25) is 20.2 Å². The third-order valence-electron chi connectivity index (χ3n) is 2.25. The zero-order chi connectivity index (χ0) is 15.3. The molecule has 0 spiro atoms. The van der Waals surface area contributed by atoms with Crippen molar-refractivity contribution >= 4 is 27.9 Å². The topological polar surface area (TPSA) is 103 Å². The van der Waals surface area contributed by atoms with Gasteiger partial charge in [-0.15, -0.1) is 0 Å². The minimum atomic E-state index is -0.616. The van der Waals surface area contributed by atoms with Crippen LogP contribution in [-0.4, -0.2) is 15.6 Å². The van der Waals surface area contributed by atoms with Gasteiger partial charge in [0.2, 0.25) is 0 Å². The Labute approximate surface area is 114 Å². The molecule has 7 nitrogen and oxygen atoms in total. The van der Waals surface area contributed by atoms with Gasteiger partial charge in [-0.1, -0.05) is 24.3 Å². The number of rotatable bonds is 2. The molecule has 0 heterocycles. The summed E-state index contributed by atoms with van der Waals surface area (Å²) in [5, 5.41) is 22.1. The highest BCUT2D eigenvalue weighted by Gasteiger charge is 2.20. The normalized spacial score (nSPS) is 9.50. The largest absolute Gasteiger partial charge is 0.300 e. The van der Waals surface area contributed by atoms with Crippen LogP contribution >= 0.6 is 0 Å². The SMILES string of the molecule is CC(C)=O.O=[N+]([O-])c1cccc2cccc([N+](=O)[O-])c12. The van der Waals surface area contributed by atoms with Gasteiger partial charge < -0.3 is 4.79 Å². The number of carbonyl (C=O) groups is 1. The summed E-state index contributed by atoms with van der Waals surface area (Å²) in [5.74, 6) is 0.167. The Balaban J connectivity index is 0.000000444. The van der Waals surface area contributed by atoms with Crippen molar-refractivity contribution in [1.29, 1.82) is 0 Å². The number of hydrogen-bond donors (Lipinski definition) is 0. The van der Waals surface area contributed by atoms with E-state index in [1.165, 1.54) is 38.1 Å². The predicted molar refractivity (Wildman–Crippen MR) is 73.6 cm³/mol. The first-order valence-electron chi connectivity index (χ1n) is 5.62. The van der Waals surface area contributed by atoms with Crippen LogP contribution in [0.2, 0.25) is 0 Å². The fraction of sp³-hybridized carbons (Fsp3) is 0.154. The summed E-state index contributed by atoms with van der Waals surface area (Å²) in [5.41, 5.74) is -0.491. The predicted octanol–water partition coefficient (Wildman–Crippen LogP) is 3.25. The molecule has 0 unspecified atom stereocenters. The van der Waals surface area contributed by atoms with Crippen molar-refractivity contribution in [3.8, 4) is 0 Å². The van der Waals surface area contributed by atoms with Gasteiger partial charge in [0, 0.05) is 12.1 Å². The molecule has 104 valence electrons. The average molecular weight is 276 g/mol. The summed E-state index contributed by atoms with van der Waals surface area (Å²) in [7, 11) is 0. The lowest BCUT2D eigenvalue weighted by atomic mass is 10.1. The molecule has 7 heteroatoms. The Morgan fingerprint density at radius 1 is 0.900 bits per heavy atom. The molecule has 0 saturated heterocycles. The summed E-state index contributed by atoms with van der Waals surface area (Å²) in [6, 6.07) is 8.74. The molecule has 0 atom stereocenters. The molecule has 0 radical (unpaired) electrons. The third-order valence-corrected chi connectivity index (χ3v) is 2.25. The van der Waals surface area contributed by atoms with E-state index in [-0.39, 0.29) is 22.5 Å². The summed E-state index contributed by atoms with van der Waals surface area (Å²) >= 11 is 0. The summed E-state index contributed by atoms with van der Waals surface area (Å²) < 4.78 is 0. The van der Waals surface area contributed by atoms with Crippen LogP contribution in [0.1, 0.15) is 13.8 Å². The van der Waals surface area contributed by atoms with Gasteiger partial charge in [-0.25, -0.2) is 0 Å². The number of hydrogen-bond acceptors (Lipinski definition) is 5. The lowest BCUT2D eigenvalue weighted by molar-refractivity contribution is -0.390. The van der Waals surface area contributed by atoms with E-state index in [0.717, 1.165) is 0 Å². The molecule has 0 saturated carbocycles. The van der Waals surface area contributed by atoms with Crippen molar-refractivity contribution < 1.29 is 14.6 Å². The molecule has 0 fully saturated rings. The lowest BCUT2D eigenvalue weighted by Gasteiger charge is -1.99. The fourth-order valence-corrected chi connectivity index (χ4v) is 1.61. The standard InChI is InChI=1S/C10H6N2O4.C3H6O/c13-11(14)8-5-1-3-7-4-2-6-9(10(7)8)12(15)16;1-3(2)4/h1-6H;1-2H3. The molecule has 2 aromatic rings. The minimum absolute atomic E-state index is 0.0694. The van der Waals surface area contributed by atoms with Gasteiger partial charge >= 0.3 is 0 Å². The summed E-state index contributed by atoms with van der Waals surface area (Å²) in [6.45, 7) is 3.06. The second kappa shape index (κ2) is 6.37. The molecule has 20 heavy (non-hydrogen) atoms.